The Labute approximate surface area is 128 Å². The van der Waals surface area contributed by atoms with Crippen LogP contribution in [0.2, 0.25) is 0 Å². The minimum absolute atomic E-state index is 0.286. The molecule has 0 aromatic heterocycles. The third kappa shape index (κ3) is 8.38. The van der Waals surface area contributed by atoms with Gasteiger partial charge in [-0.25, -0.2) is 9.59 Å². The molecule has 122 valence electrons. The lowest BCUT2D eigenvalue weighted by Crippen LogP contribution is -2.31. The van der Waals surface area contributed by atoms with E-state index in [1.165, 1.54) is 6.08 Å². The van der Waals surface area contributed by atoms with Crippen LogP contribution in [0.3, 0.4) is 0 Å². The molecule has 5 nitrogen and oxygen atoms in total. The summed E-state index contributed by atoms with van der Waals surface area (Å²) in [4.78, 5) is 25.7. The Balaban J connectivity index is 5.15. The van der Waals surface area contributed by atoms with Gasteiger partial charge < -0.3 is 14.4 Å². The number of nitrogens with zero attached hydrogens (tertiary/aromatic N) is 1. The summed E-state index contributed by atoms with van der Waals surface area (Å²) < 4.78 is 9.98. The van der Waals surface area contributed by atoms with Gasteiger partial charge in [-0.05, 0) is 26.7 Å². The molecule has 0 aromatic rings. The summed E-state index contributed by atoms with van der Waals surface area (Å²) in [7, 11) is 0. The lowest BCUT2D eigenvalue weighted by Gasteiger charge is -2.25. The number of hydrogen-bond donors (Lipinski definition) is 0. The van der Waals surface area contributed by atoms with Crippen molar-refractivity contribution < 1.29 is 19.1 Å². The molecule has 0 aliphatic heterocycles. The van der Waals surface area contributed by atoms with Crippen molar-refractivity contribution in [2.45, 2.75) is 53.4 Å². The quantitative estimate of drug-likeness (QED) is 0.434. The van der Waals surface area contributed by atoms with Gasteiger partial charge in [0.15, 0.2) is 0 Å². The van der Waals surface area contributed by atoms with E-state index in [1.54, 1.807) is 13.8 Å². The van der Waals surface area contributed by atoms with Gasteiger partial charge in [0.25, 0.3) is 0 Å². The van der Waals surface area contributed by atoms with E-state index in [9.17, 15) is 9.59 Å². The van der Waals surface area contributed by atoms with Crippen molar-refractivity contribution in [1.29, 1.82) is 0 Å². The fourth-order valence-electron chi connectivity index (χ4n) is 1.83. The lowest BCUT2D eigenvalue weighted by molar-refractivity contribution is -0.142. The summed E-state index contributed by atoms with van der Waals surface area (Å²) in [5.41, 5.74) is 0.303. The second-order valence-electron chi connectivity index (χ2n) is 4.70. The van der Waals surface area contributed by atoms with Gasteiger partial charge in [-0.1, -0.05) is 26.7 Å². The minimum Gasteiger partial charge on any atom is -0.463 e. The molecule has 0 aliphatic rings. The summed E-state index contributed by atoms with van der Waals surface area (Å²) in [6.07, 6.45) is 5.23. The van der Waals surface area contributed by atoms with Crippen LogP contribution in [0.5, 0.6) is 0 Å². The number of ether oxygens (including phenoxy) is 2. The molecule has 0 fully saturated rings. The topological polar surface area (TPSA) is 55.8 Å². The Morgan fingerprint density at radius 2 is 1.43 bits per heavy atom. The highest BCUT2D eigenvalue weighted by Gasteiger charge is 2.20. The van der Waals surface area contributed by atoms with Crippen LogP contribution in [0, 0.1) is 0 Å². The van der Waals surface area contributed by atoms with E-state index in [4.69, 9.17) is 9.47 Å². The molecule has 0 saturated heterocycles. The molecule has 0 spiro atoms. The van der Waals surface area contributed by atoms with Crippen LogP contribution in [0.1, 0.15) is 53.4 Å². The molecule has 0 rings (SSSR count). The van der Waals surface area contributed by atoms with Crippen molar-refractivity contribution >= 4 is 11.9 Å². The second kappa shape index (κ2) is 12.2. The minimum atomic E-state index is -0.501. The van der Waals surface area contributed by atoms with E-state index in [0.717, 1.165) is 38.8 Å². The van der Waals surface area contributed by atoms with Gasteiger partial charge in [0.2, 0.25) is 0 Å². The zero-order valence-corrected chi connectivity index (χ0v) is 13.8. The Morgan fingerprint density at radius 3 is 1.86 bits per heavy atom. The third-order valence-corrected chi connectivity index (χ3v) is 2.93. The fourth-order valence-corrected chi connectivity index (χ4v) is 1.83. The van der Waals surface area contributed by atoms with Crippen molar-refractivity contribution in [3.8, 4) is 0 Å². The van der Waals surface area contributed by atoms with Crippen molar-refractivity contribution in [2.24, 2.45) is 0 Å². The number of hydrogen-bond acceptors (Lipinski definition) is 5. The Kier molecular flexibility index (Phi) is 11.4. The first-order valence-corrected chi connectivity index (χ1v) is 7.91. The van der Waals surface area contributed by atoms with Crippen molar-refractivity contribution in [2.75, 3.05) is 26.3 Å². The third-order valence-electron chi connectivity index (χ3n) is 2.93. The van der Waals surface area contributed by atoms with E-state index in [-0.39, 0.29) is 13.2 Å². The van der Waals surface area contributed by atoms with Crippen molar-refractivity contribution in [3.63, 3.8) is 0 Å². The van der Waals surface area contributed by atoms with Crippen molar-refractivity contribution in [1.82, 2.24) is 4.90 Å². The normalized spacial score (nSPS) is 11.1. The van der Waals surface area contributed by atoms with Gasteiger partial charge in [0, 0.05) is 13.1 Å². The van der Waals surface area contributed by atoms with E-state index in [1.807, 2.05) is 4.90 Å². The summed E-state index contributed by atoms with van der Waals surface area (Å²) in [5, 5.41) is 0. The molecule has 0 radical (unpaired) electrons. The van der Waals surface area contributed by atoms with E-state index < -0.39 is 11.9 Å². The number of rotatable bonds is 11. The van der Waals surface area contributed by atoms with Crippen LogP contribution in [-0.4, -0.2) is 43.1 Å². The Morgan fingerprint density at radius 1 is 0.905 bits per heavy atom. The highest BCUT2D eigenvalue weighted by Crippen LogP contribution is 2.11. The molecule has 5 heteroatoms. The Bertz CT molecular complexity index is 331. The fraction of sp³-hybridized carbons (Fsp3) is 0.750. The largest absolute Gasteiger partial charge is 0.463 e. The van der Waals surface area contributed by atoms with Crippen LogP contribution >= 0.6 is 0 Å². The first-order chi connectivity index (χ1) is 10.1. The van der Waals surface area contributed by atoms with Gasteiger partial charge >= 0.3 is 11.9 Å². The van der Waals surface area contributed by atoms with Crippen LogP contribution in [0.4, 0.5) is 0 Å². The molecule has 0 saturated carbocycles. The zero-order valence-electron chi connectivity index (χ0n) is 13.8. The first-order valence-electron chi connectivity index (χ1n) is 7.91. The van der Waals surface area contributed by atoms with E-state index in [0.29, 0.717) is 5.70 Å². The SMILES string of the molecule is CCCCN(CCCC)C(=CC(=O)OCC)C(=O)OCC. The van der Waals surface area contributed by atoms with Crippen LogP contribution in [-0.2, 0) is 19.1 Å². The number of unbranched alkanes of at least 4 members (excludes halogenated alkanes) is 2. The van der Waals surface area contributed by atoms with Gasteiger partial charge in [-0.15, -0.1) is 0 Å². The maximum absolute atomic E-state index is 12.1. The molecule has 0 aromatic carbocycles. The van der Waals surface area contributed by atoms with E-state index in [2.05, 4.69) is 13.8 Å². The molecule has 0 heterocycles. The summed E-state index contributed by atoms with van der Waals surface area (Å²) in [5.74, 6) is -0.962. The second-order valence-corrected chi connectivity index (χ2v) is 4.70. The average molecular weight is 299 g/mol. The maximum Gasteiger partial charge on any atom is 0.354 e. The molecule has 0 aliphatic carbocycles. The monoisotopic (exact) mass is 299 g/mol. The average Bonchev–Trinajstić information content (AvgIpc) is 2.46. The molecule has 0 amide bonds. The molecule has 0 unspecified atom stereocenters. The van der Waals surface area contributed by atoms with Crippen LogP contribution < -0.4 is 0 Å². The summed E-state index contributed by atoms with van der Waals surface area (Å²) in [6, 6.07) is 0. The number of esters is 2. The predicted octanol–water partition coefficient (Wildman–Crippen LogP) is 2.90. The summed E-state index contributed by atoms with van der Waals surface area (Å²) in [6.45, 7) is 9.73. The molecule has 0 atom stereocenters. The Hall–Kier alpha value is -1.52. The molecule has 21 heavy (non-hydrogen) atoms. The zero-order chi connectivity index (χ0) is 16.1. The highest BCUT2D eigenvalue weighted by atomic mass is 16.5. The molecule has 0 bridgehead atoms. The van der Waals surface area contributed by atoms with Crippen LogP contribution in [0.15, 0.2) is 11.8 Å². The van der Waals surface area contributed by atoms with Crippen LogP contribution in [0.25, 0.3) is 0 Å². The number of carbonyl (C=O) groups excluding carboxylic acids is 2. The van der Waals surface area contributed by atoms with E-state index >= 15 is 0 Å². The molecular formula is C16H29NO4. The predicted molar refractivity (Wildman–Crippen MR) is 82.7 cm³/mol. The smallest absolute Gasteiger partial charge is 0.354 e. The molecule has 0 N–H and O–H groups in total. The van der Waals surface area contributed by atoms with Gasteiger partial charge in [0.05, 0.1) is 19.3 Å². The molecular weight excluding hydrogens is 270 g/mol. The van der Waals surface area contributed by atoms with Gasteiger partial charge in [0.1, 0.15) is 5.70 Å². The highest BCUT2D eigenvalue weighted by molar-refractivity contribution is 5.95. The summed E-state index contributed by atoms with van der Waals surface area (Å²) >= 11 is 0. The standard InChI is InChI=1S/C16H29NO4/c1-5-9-11-17(12-10-6-2)14(16(19)21-8-4)13-15(18)20-7-3/h13H,5-12H2,1-4H3. The van der Waals surface area contributed by atoms with Crippen molar-refractivity contribution in [3.05, 3.63) is 11.8 Å². The maximum atomic E-state index is 12.1. The number of carbonyl (C=O) groups is 2. The lowest BCUT2D eigenvalue weighted by atomic mass is 10.2. The van der Waals surface area contributed by atoms with Gasteiger partial charge in [-0.3, -0.25) is 0 Å². The van der Waals surface area contributed by atoms with Gasteiger partial charge in [-0.2, -0.15) is 0 Å². The first kappa shape index (κ1) is 19.5.